The zero-order chi connectivity index (χ0) is 21.0. The molecule has 12 heteroatoms. The van der Waals surface area contributed by atoms with Crippen LogP contribution in [0, 0.1) is 0 Å². The van der Waals surface area contributed by atoms with Gasteiger partial charge in [0.2, 0.25) is 5.16 Å². The molecule has 1 aromatic carbocycles. The molecular weight excluding hydrogens is 452 g/mol. The van der Waals surface area contributed by atoms with E-state index in [-0.39, 0.29) is 17.5 Å². The first-order chi connectivity index (χ1) is 13.8. The number of furan rings is 1. The van der Waals surface area contributed by atoms with Crippen LogP contribution in [0.4, 0.5) is 13.2 Å². The number of hydrogen-bond acceptors (Lipinski definition) is 6. The third-order valence-corrected chi connectivity index (χ3v) is 4.73. The third kappa shape index (κ3) is 5.46. The van der Waals surface area contributed by atoms with E-state index in [1.807, 2.05) is 0 Å². The van der Waals surface area contributed by atoms with E-state index in [0.29, 0.717) is 32.0 Å². The van der Waals surface area contributed by atoms with Gasteiger partial charge in [0.05, 0.1) is 11.2 Å². The van der Waals surface area contributed by atoms with Gasteiger partial charge in [0, 0.05) is 11.1 Å². The molecule has 2 heterocycles. The maximum Gasteiger partial charge on any atom is 0.453 e. The van der Waals surface area contributed by atoms with Crippen molar-refractivity contribution in [3.63, 3.8) is 0 Å². The van der Waals surface area contributed by atoms with Crippen molar-refractivity contribution in [2.75, 3.05) is 5.75 Å². The number of ether oxygens (including phenoxy) is 1. The molecular formula is C17H13Cl2F3N4O2S. The summed E-state index contributed by atoms with van der Waals surface area (Å²) in [6, 6.07) is 7.95. The number of halogens is 5. The molecule has 3 rings (SSSR count). The fourth-order valence-electron chi connectivity index (χ4n) is 2.16. The second-order valence-electron chi connectivity index (χ2n) is 5.46. The van der Waals surface area contributed by atoms with Gasteiger partial charge in [0.25, 0.3) is 5.82 Å². The summed E-state index contributed by atoms with van der Waals surface area (Å²) in [5, 5.41) is 11.4. The van der Waals surface area contributed by atoms with E-state index in [9.17, 15) is 13.2 Å². The summed E-state index contributed by atoms with van der Waals surface area (Å²) in [5.41, 5.74) is 0. The largest absolute Gasteiger partial charge is 0.484 e. The fraction of sp³-hybridized carbons (Fsp3) is 0.235. The molecule has 2 aromatic heterocycles. The number of aromatic nitrogens is 3. The number of thioether (sulfide) groups is 1. The highest BCUT2D eigenvalue weighted by atomic mass is 35.5. The summed E-state index contributed by atoms with van der Waals surface area (Å²) in [6.45, 7) is 1.83. The Balaban J connectivity index is 1.74. The van der Waals surface area contributed by atoms with Crippen molar-refractivity contribution in [1.82, 2.24) is 14.9 Å². The molecule has 6 nitrogen and oxygen atoms in total. The van der Waals surface area contributed by atoms with Crippen LogP contribution in [0.2, 0.25) is 10.0 Å². The molecule has 0 fully saturated rings. The third-order valence-electron chi connectivity index (χ3n) is 3.39. The quantitative estimate of drug-likeness (QED) is 0.328. The lowest BCUT2D eigenvalue weighted by Gasteiger charge is -2.06. The summed E-state index contributed by atoms with van der Waals surface area (Å²) in [6.07, 6.45) is -3.54. The number of rotatable bonds is 7. The zero-order valence-electron chi connectivity index (χ0n) is 14.8. The maximum atomic E-state index is 13.1. The van der Waals surface area contributed by atoms with Crippen LogP contribution in [0.3, 0.4) is 0 Å². The first-order valence-corrected chi connectivity index (χ1v) is 9.88. The normalized spacial score (nSPS) is 12.1. The molecule has 0 spiro atoms. The average molecular weight is 465 g/mol. The molecule has 154 valence electrons. The van der Waals surface area contributed by atoms with Gasteiger partial charge >= 0.3 is 6.18 Å². The highest BCUT2D eigenvalue weighted by molar-refractivity contribution is 7.99. The second-order valence-corrected chi connectivity index (χ2v) is 7.54. The summed E-state index contributed by atoms with van der Waals surface area (Å²) in [4.78, 5) is 0. The molecule has 3 aromatic rings. The Morgan fingerprint density at radius 1 is 1.24 bits per heavy atom. The number of nitrogens with zero attached hydrogens (tertiary/aromatic N) is 4. The van der Waals surface area contributed by atoms with Crippen LogP contribution in [0.25, 0.3) is 0 Å². The lowest BCUT2D eigenvalue weighted by molar-refractivity contribution is -0.147. The first-order valence-electron chi connectivity index (χ1n) is 8.14. The topological polar surface area (TPSA) is 65.4 Å². The van der Waals surface area contributed by atoms with Crippen LogP contribution in [-0.2, 0) is 12.8 Å². The average Bonchev–Trinajstić information content (AvgIpc) is 3.27. The number of benzene rings is 1. The Labute approximate surface area is 177 Å². The number of alkyl halides is 3. The van der Waals surface area contributed by atoms with E-state index in [2.05, 4.69) is 15.3 Å². The van der Waals surface area contributed by atoms with Gasteiger partial charge < -0.3 is 9.15 Å². The van der Waals surface area contributed by atoms with Crippen molar-refractivity contribution in [2.45, 2.75) is 24.9 Å². The molecule has 0 amide bonds. The minimum Gasteiger partial charge on any atom is -0.484 e. The van der Waals surface area contributed by atoms with E-state index in [1.54, 1.807) is 37.3 Å². The Hall–Kier alpha value is -2.17. The van der Waals surface area contributed by atoms with Gasteiger partial charge in [-0.1, -0.05) is 41.9 Å². The van der Waals surface area contributed by atoms with Gasteiger partial charge in [0.1, 0.15) is 23.9 Å². The van der Waals surface area contributed by atoms with Crippen molar-refractivity contribution in [3.05, 3.63) is 57.7 Å². The molecule has 0 aliphatic rings. The van der Waals surface area contributed by atoms with E-state index in [0.717, 1.165) is 18.0 Å². The van der Waals surface area contributed by atoms with Crippen molar-refractivity contribution in [2.24, 2.45) is 5.10 Å². The van der Waals surface area contributed by atoms with E-state index < -0.39 is 12.0 Å². The van der Waals surface area contributed by atoms with Crippen molar-refractivity contribution >= 4 is 41.2 Å². The minimum atomic E-state index is -4.69. The summed E-state index contributed by atoms with van der Waals surface area (Å²) in [7, 11) is 0. The van der Waals surface area contributed by atoms with Crippen LogP contribution >= 0.6 is 35.0 Å². The van der Waals surface area contributed by atoms with Gasteiger partial charge in [-0.3, -0.25) is 0 Å². The van der Waals surface area contributed by atoms with Crippen molar-refractivity contribution in [3.8, 4) is 5.75 Å². The minimum absolute atomic E-state index is 0.0294. The Bertz CT molecular complexity index is 1020. The van der Waals surface area contributed by atoms with Crippen LogP contribution in [-0.4, -0.2) is 26.8 Å². The van der Waals surface area contributed by atoms with Gasteiger partial charge in [-0.15, -0.1) is 10.2 Å². The standard InChI is InChI=1S/C17H13Cl2F3N4O2S/c1-2-29-16-25-24-15(17(20,21)22)26(16)23-8-11-4-5-12(28-11)9-27-14-7-10(18)3-6-13(14)19/h3-8H,2,9H2,1H3. The molecule has 0 radical (unpaired) electrons. The molecule has 0 N–H and O–H groups in total. The Morgan fingerprint density at radius 2 is 2.03 bits per heavy atom. The van der Waals surface area contributed by atoms with Crippen LogP contribution in [0.5, 0.6) is 5.75 Å². The molecule has 0 unspecified atom stereocenters. The van der Waals surface area contributed by atoms with Gasteiger partial charge in [-0.25, -0.2) is 0 Å². The lowest BCUT2D eigenvalue weighted by atomic mass is 10.3. The van der Waals surface area contributed by atoms with Crippen molar-refractivity contribution < 1.29 is 22.3 Å². The van der Waals surface area contributed by atoms with E-state index >= 15 is 0 Å². The molecule has 0 bridgehead atoms. The molecule has 0 aliphatic heterocycles. The van der Waals surface area contributed by atoms with Gasteiger partial charge in [-0.2, -0.15) is 22.9 Å². The summed E-state index contributed by atoms with van der Waals surface area (Å²) >= 11 is 13.0. The number of hydrogen-bond donors (Lipinski definition) is 0. The monoisotopic (exact) mass is 464 g/mol. The molecule has 0 saturated carbocycles. The molecule has 29 heavy (non-hydrogen) atoms. The van der Waals surface area contributed by atoms with E-state index in [1.165, 1.54) is 0 Å². The lowest BCUT2D eigenvalue weighted by Crippen LogP contribution is -2.13. The highest BCUT2D eigenvalue weighted by Crippen LogP contribution is 2.31. The van der Waals surface area contributed by atoms with Crippen molar-refractivity contribution in [1.29, 1.82) is 0 Å². The Kier molecular flexibility index (Phi) is 6.76. The van der Waals surface area contributed by atoms with E-state index in [4.69, 9.17) is 32.4 Å². The van der Waals surface area contributed by atoms with Crippen LogP contribution < -0.4 is 4.74 Å². The second kappa shape index (κ2) is 9.10. The molecule has 0 aliphatic carbocycles. The first kappa shape index (κ1) is 21.5. The molecule has 0 saturated heterocycles. The van der Waals surface area contributed by atoms with Gasteiger partial charge in [0.15, 0.2) is 0 Å². The zero-order valence-corrected chi connectivity index (χ0v) is 17.1. The van der Waals surface area contributed by atoms with Gasteiger partial charge in [-0.05, 0) is 30.0 Å². The fourth-order valence-corrected chi connectivity index (χ4v) is 3.11. The SMILES string of the molecule is CCSc1nnc(C(F)(F)F)n1N=Cc1ccc(COc2cc(Cl)ccc2Cl)o1. The Morgan fingerprint density at radius 3 is 2.76 bits per heavy atom. The maximum absolute atomic E-state index is 13.1. The van der Waals surface area contributed by atoms with Crippen LogP contribution in [0.15, 0.2) is 45.0 Å². The van der Waals surface area contributed by atoms with Crippen LogP contribution in [0.1, 0.15) is 24.3 Å². The summed E-state index contributed by atoms with van der Waals surface area (Å²) < 4.78 is 51.0. The molecule has 0 atom stereocenters. The smallest absolute Gasteiger partial charge is 0.453 e. The highest BCUT2D eigenvalue weighted by Gasteiger charge is 2.38. The summed E-state index contributed by atoms with van der Waals surface area (Å²) in [5.74, 6) is 0.335. The predicted octanol–water partition coefficient (Wildman–Crippen LogP) is 5.77. The predicted molar refractivity (Wildman–Crippen MR) is 104 cm³/mol.